The van der Waals surface area contributed by atoms with Gasteiger partial charge in [0, 0.05) is 6.54 Å². The van der Waals surface area contributed by atoms with Crippen molar-refractivity contribution in [2.75, 3.05) is 17.6 Å². The number of hydrogen-bond acceptors (Lipinski definition) is 3. The lowest BCUT2D eigenvalue weighted by Crippen LogP contribution is -2.18. The van der Waals surface area contributed by atoms with Gasteiger partial charge in [0.1, 0.15) is 5.82 Å². The lowest BCUT2D eigenvalue weighted by molar-refractivity contribution is 0.466. The van der Waals surface area contributed by atoms with Gasteiger partial charge in [0.2, 0.25) is 0 Å². The van der Waals surface area contributed by atoms with Crippen LogP contribution in [0.25, 0.3) is 0 Å². The highest BCUT2D eigenvalue weighted by Crippen LogP contribution is 2.61. The fourth-order valence-electron chi connectivity index (χ4n) is 2.52. The van der Waals surface area contributed by atoms with Gasteiger partial charge in [0.15, 0.2) is 0 Å². The van der Waals surface area contributed by atoms with E-state index >= 15 is 0 Å². The Hall–Kier alpha value is -1.25. The third-order valence-corrected chi connectivity index (χ3v) is 4.11. The Morgan fingerprint density at radius 3 is 2.81 bits per heavy atom. The van der Waals surface area contributed by atoms with Crippen LogP contribution in [0.1, 0.15) is 31.2 Å². The molecule has 0 unspecified atom stereocenters. The summed E-state index contributed by atoms with van der Waals surface area (Å²) in [7, 11) is 0. The van der Waals surface area contributed by atoms with E-state index in [0.29, 0.717) is 5.41 Å². The molecule has 1 aromatic heterocycles. The molecule has 2 aliphatic carbocycles. The molecule has 0 amide bonds. The van der Waals surface area contributed by atoms with E-state index in [-0.39, 0.29) is 0 Å². The number of nitrogens with two attached hydrogens (primary N) is 1. The van der Waals surface area contributed by atoms with Crippen LogP contribution >= 0.6 is 0 Å². The lowest BCUT2D eigenvalue weighted by atomic mass is 10.0. The zero-order chi connectivity index (χ0) is 11.2. The Labute approximate surface area is 96.4 Å². The van der Waals surface area contributed by atoms with Crippen LogP contribution in [0.15, 0.2) is 12.3 Å². The molecule has 0 bridgehead atoms. The summed E-state index contributed by atoms with van der Waals surface area (Å²) in [5.74, 6) is 1.97. The van der Waals surface area contributed by atoms with Gasteiger partial charge >= 0.3 is 0 Å². The highest BCUT2D eigenvalue weighted by molar-refractivity contribution is 5.51. The molecule has 3 rings (SSSR count). The number of nitrogens with zero attached hydrogens (tertiary/aromatic N) is 1. The second kappa shape index (κ2) is 3.37. The fraction of sp³-hybridized carbons (Fsp3) is 0.615. The number of hydrogen-bond donors (Lipinski definition) is 2. The average Bonchev–Trinajstić information content (AvgIpc) is 3.13. The van der Waals surface area contributed by atoms with Crippen LogP contribution in [0, 0.1) is 18.3 Å². The Bertz CT molecular complexity index is 406. The number of nitrogen functional groups attached to an aromatic ring is 1. The number of nitrogens with one attached hydrogen (secondary N) is 1. The molecule has 86 valence electrons. The first-order valence-electron chi connectivity index (χ1n) is 6.16. The minimum absolute atomic E-state index is 0.622. The smallest absolute Gasteiger partial charge is 0.126 e. The number of aromatic nitrogens is 1. The molecule has 0 aromatic carbocycles. The predicted molar refractivity (Wildman–Crippen MR) is 66.3 cm³/mol. The average molecular weight is 217 g/mol. The summed E-state index contributed by atoms with van der Waals surface area (Å²) >= 11 is 0. The second-order valence-electron chi connectivity index (χ2n) is 5.42. The predicted octanol–water partition coefficient (Wildman–Crippen LogP) is 2.57. The number of anilines is 2. The van der Waals surface area contributed by atoms with Crippen molar-refractivity contribution in [3.8, 4) is 0 Å². The Morgan fingerprint density at radius 1 is 1.50 bits per heavy atom. The Balaban J connectivity index is 1.63. The van der Waals surface area contributed by atoms with Crippen molar-refractivity contribution < 1.29 is 0 Å². The summed E-state index contributed by atoms with van der Waals surface area (Å²) in [5.41, 5.74) is 8.25. The van der Waals surface area contributed by atoms with E-state index in [0.717, 1.165) is 29.5 Å². The first-order valence-corrected chi connectivity index (χ1v) is 6.16. The summed E-state index contributed by atoms with van der Waals surface area (Å²) in [4.78, 5) is 4.31. The Morgan fingerprint density at radius 2 is 2.25 bits per heavy atom. The van der Waals surface area contributed by atoms with Crippen molar-refractivity contribution in [2.45, 2.75) is 32.6 Å². The van der Waals surface area contributed by atoms with Gasteiger partial charge in [-0.1, -0.05) is 0 Å². The van der Waals surface area contributed by atoms with Crippen molar-refractivity contribution in [1.29, 1.82) is 0 Å². The second-order valence-corrected chi connectivity index (χ2v) is 5.42. The monoisotopic (exact) mass is 217 g/mol. The number of pyridine rings is 1. The number of aryl methyl sites for hydroxylation is 1. The largest absolute Gasteiger partial charge is 0.397 e. The van der Waals surface area contributed by atoms with Gasteiger partial charge in [0.05, 0.1) is 11.9 Å². The first kappa shape index (κ1) is 9.94. The van der Waals surface area contributed by atoms with E-state index in [1.807, 2.05) is 13.0 Å². The summed E-state index contributed by atoms with van der Waals surface area (Å²) in [6, 6.07) is 2.04. The van der Waals surface area contributed by atoms with E-state index in [2.05, 4.69) is 10.3 Å². The zero-order valence-corrected chi connectivity index (χ0v) is 9.79. The molecule has 1 aromatic rings. The molecule has 16 heavy (non-hydrogen) atoms. The van der Waals surface area contributed by atoms with Crippen LogP contribution < -0.4 is 11.1 Å². The molecular weight excluding hydrogens is 198 g/mol. The molecule has 0 saturated heterocycles. The van der Waals surface area contributed by atoms with Gasteiger partial charge in [-0.2, -0.15) is 0 Å². The molecule has 0 atom stereocenters. The molecule has 0 radical (unpaired) electrons. The Kier molecular flexibility index (Phi) is 2.09. The van der Waals surface area contributed by atoms with E-state index < -0.39 is 0 Å². The van der Waals surface area contributed by atoms with Crippen LogP contribution in [0.2, 0.25) is 0 Å². The van der Waals surface area contributed by atoms with Crippen molar-refractivity contribution >= 4 is 11.5 Å². The van der Waals surface area contributed by atoms with Gasteiger partial charge in [-0.25, -0.2) is 4.98 Å². The van der Waals surface area contributed by atoms with E-state index in [9.17, 15) is 0 Å². The SMILES string of the molecule is Cc1cc(NCC2(C3CC3)CC2)ncc1N. The molecule has 2 fully saturated rings. The lowest BCUT2D eigenvalue weighted by Gasteiger charge is -2.15. The summed E-state index contributed by atoms with van der Waals surface area (Å²) in [5, 5.41) is 3.47. The molecule has 0 spiro atoms. The van der Waals surface area contributed by atoms with Gasteiger partial charge in [-0.3, -0.25) is 0 Å². The van der Waals surface area contributed by atoms with E-state index in [1.165, 1.54) is 25.7 Å². The highest BCUT2D eigenvalue weighted by atomic mass is 15.0. The van der Waals surface area contributed by atoms with Crippen LogP contribution in [0.5, 0.6) is 0 Å². The van der Waals surface area contributed by atoms with Crippen LogP contribution in [-0.2, 0) is 0 Å². The van der Waals surface area contributed by atoms with Crippen LogP contribution in [0.3, 0.4) is 0 Å². The maximum atomic E-state index is 5.75. The van der Waals surface area contributed by atoms with E-state index in [4.69, 9.17) is 5.73 Å². The quantitative estimate of drug-likeness (QED) is 0.815. The van der Waals surface area contributed by atoms with E-state index in [1.54, 1.807) is 6.20 Å². The number of rotatable bonds is 4. The fourth-order valence-corrected chi connectivity index (χ4v) is 2.52. The van der Waals surface area contributed by atoms with Gasteiger partial charge in [0.25, 0.3) is 0 Å². The molecule has 3 nitrogen and oxygen atoms in total. The zero-order valence-electron chi connectivity index (χ0n) is 9.79. The van der Waals surface area contributed by atoms with Crippen molar-refractivity contribution in [1.82, 2.24) is 4.98 Å². The molecule has 2 saturated carbocycles. The van der Waals surface area contributed by atoms with Crippen LogP contribution in [0.4, 0.5) is 11.5 Å². The van der Waals surface area contributed by atoms with Crippen molar-refractivity contribution in [3.63, 3.8) is 0 Å². The van der Waals surface area contributed by atoms with Gasteiger partial charge in [-0.05, 0) is 55.6 Å². The molecule has 2 aliphatic rings. The maximum absolute atomic E-state index is 5.75. The third-order valence-electron chi connectivity index (χ3n) is 4.11. The molecular formula is C13H19N3. The minimum atomic E-state index is 0.622. The molecule has 1 heterocycles. The minimum Gasteiger partial charge on any atom is -0.397 e. The summed E-state index contributed by atoms with van der Waals surface area (Å²) < 4.78 is 0. The summed E-state index contributed by atoms with van der Waals surface area (Å²) in [6.45, 7) is 3.12. The molecule has 3 heteroatoms. The topological polar surface area (TPSA) is 50.9 Å². The van der Waals surface area contributed by atoms with Gasteiger partial charge in [-0.15, -0.1) is 0 Å². The van der Waals surface area contributed by atoms with Crippen LogP contribution in [-0.4, -0.2) is 11.5 Å². The highest BCUT2D eigenvalue weighted by Gasteiger charge is 2.53. The first-order chi connectivity index (χ1) is 7.70. The summed E-state index contributed by atoms with van der Waals surface area (Å²) in [6.07, 6.45) is 7.43. The molecule has 3 N–H and O–H groups in total. The maximum Gasteiger partial charge on any atom is 0.126 e. The normalized spacial score (nSPS) is 21.8. The standard InChI is InChI=1S/C13H19N3/c1-9-6-12(15-7-11(9)14)16-8-13(4-5-13)10-2-3-10/h6-7,10H,2-5,8,14H2,1H3,(H,15,16). The van der Waals surface area contributed by atoms with Crippen molar-refractivity contribution in [2.24, 2.45) is 11.3 Å². The third kappa shape index (κ3) is 1.75. The van der Waals surface area contributed by atoms with Crippen molar-refractivity contribution in [3.05, 3.63) is 17.8 Å². The van der Waals surface area contributed by atoms with Gasteiger partial charge < -0.3 is 11.1 Å². The molecule has 0 aliphatic heterocycles.